The van der Waals surface area contributed by atoms with Crippen molar-refractivity contribution in [3.05, 3.63) is 107 Å². The van der Waals surface area contributed by atoms with Crippen LogP contribution in [0.3, 0.4) is 0 Å². The molecule has 0 aliphatic heterocycles. The molecule has 0 saturated carbocycles. The van der Waals surface area contributed by atoms with Gasteiger partial charge < -0.3 is 24.1 Å². The highest BCUT2D eigenvalue weighted by molar-refractivity contribution is 5.82. The van der Waals surface area contributed by atoms with Crippen LogP contribution in [0.4, 0.5) is 26.7 Å². The molecular weight excluding hydrogens is 593 g/mol. The van der Waals surface area contributed by atoms with E-state index in [0.717, 1.165) is 40.3 Å². The average Bonchev–Trinajstić information content (AvgIpc) is 3.60. The number of aromatic nitrogens is 2. The second-order valence-corrected chi connectivity index (χ2v) is 9.66. The van der Waals surface area contributed by atoms with Gasteiger partial charge in [-0.05, 0) is 22.3 Å². The Labute approximate surface area is 246 Å². The summed E-state index contributed by atoms with van der Waals surface area (Å²) in [6.45, 7) is -0.747. The van der Waals surface area contributed by atoms with Gasteiger partial charge in [0, 0.05) is 18.5 Å². The van der Waals surface area contributed by atoms with Crippen LogP contribution in [-0.4, -0.2) is 47.3 Å². The number of nitrogens with one attached hydrogen (secondary N) is 1. The number of benzene rings is 3. The van der Waals surface area contributed by atoms with Gasteiger partial charge in [-0.3, -0.25) is 0 Å². The molecule has 44 heavy (non-hydrogen) atoms. The molecule has 1 aliphatic rings. The molecule has 1 N–H and O–H groups in total. The number of ether oxygens (including phenoxy) is 3. The van der Waals surface area contributed by atoms with Gasteiger partial charge >= 0.3 is 18.0 Å². The summed E-state index contributed by atoms with van der Waals surface area (Å²) in [4.78, 5) is 41.3. The summed E-state index contributed by atoms with van der Waals surface area (Å²) in [7, 11) is 1.11. The van der Waals surface area contributed by atoms with E-state index in [1.165, 1.54) is 6.20 Å². The topological polar surface area (TPSA) is 109 Å². The van der Waals surface area contributed by atoms with E-state index in [1.54, 1.807) is 0 Å². The van der Waals surface area contributed by atoms with E-state index in [4.69, 9.17) is 9.47 Å². The van der Waals surface area contributed by atoms with Crippen molar-refractivity contribution in [2.75, 3.05) is 13.7 Å². The number of hydrogen-bond acceptors (Lipinski definition) is 7. The van der Waals surface area contributed by atoms with Gasteiger partial charge in [-0.15, -0.1) is 0 Å². The second-order valence-electron chi connectivity index (χ2n) is 9.66. The summed E-state index contributed by atoms with van der Waals surface area (Å²) < 4.78 is 83.4. The monoisotopic (exact) mass is 615 g/mol. The molecule has 1 aliphatic carbocycles. The molecule has 0 bridgehead atoms. The van der Waals surface area contributed by atoms with Crippen LogP contribution in [0.15, 0.2) is 61.1 Å². The highest BCUT2D eigenvalue weighted by Crippen LogP contribution is 2.44. The van der Waals surface area contributed by atoms with Crippen molar-refractivity contribution in [3.63, 3.8) is 0 Å². The number of esters is 2. The summed E-state index contributed by atoms with van der Waals surface area (Å²) in [6.07, 6.45) is 1.23. The molecule has 1 aromatic heterocycles. The Morgan fingerprint density at radius 1 is 0.886 bits per heavy atom. The number of imidazole rings is 1. The number of alkyl carbamates (subject to hydrolysis) is 1. The Morgan fingerprint density at radius 3 is 2.05 bits per heavy atom. The number of carbonyl (C=O) groups is 3. The van der Waals surface area contributed by atoms with E-state index >= 15 is 0 Å². The first-order chi connectivity index (χ1) is 21.1. The predicted molar refractivity (Wildman–Crippen MR) is 142 cm³/mol. The zero-order valence-electron chi connectivity index (χ0n) is 22.8. The Morgan fingerprint density at radius 2 is 1.45 bits per heavy atom. The highest BCUT2D eigenvalue weighted by atomic mass is 19.2. The van der Waals surface area contributed by atoms with Crippen LogP contribution < -0.4 is 10.1 Å². The Hall–Kier alpha value is -5.27. The molecule has 1 atom stereocenters. The lowest BCUT2D eigenvalue weighted by Gasteiger charge is -2.18. The van der Waals surface area contributed by atoms with Gasteiger partial charge in [-0.25, -0.2) is 32.5 Å². The fourth-order valence-corrected chi connectivity index (χ4v) is 4.89. The smallest absolute Gasteiger partial charge is 0.407 e. The summed E-state index contributed by atoms with van der Waals surface area (Å²) in [6, 6.07) is 14.2. The summed E-state index contributed by atoms with van der Waals surface area (Å²) in [5.74, 6) is -15.7. The fourth-order valence-electron chi connectivity index (χ4n) is 4.89. The van der Waals surface area contributed by atoms with Crippen molar-refractivity contribution in [1.82, 2.24) is 14.9 Å². The van der Waals surface area contributed by atoms with Crippen LogP contribution >= 0.6 is 0 Å². The second kappa shape index (κ2) is 12.5. The molecule has 228 valence electrons. The average molecular weight is 616 g/mol. The summed E-state index contributed by atoms with van der Waals surface area (Å²) >= 11 is 0. The van der Waals surface area contributed by atoms with Gasteiger partial charge in [-0.2, -0.15) is 8.78 Å². The van der Waals surface area contributed by atoms with Crippen molar-refractivity contribution in [1.29, 1.82) is 0 Å². The summed E-state index contributed by atoms with van der Waals surface area (Å²) in [5.41, 5.74) is 4.24. The molecule has 1 amide bonds. The normalized spacial score (nSPS) is 12.7. The van der Waals surface area contributed by atoms with E-state index in [9.17, 15) is 36.3 Å². The standard InChI is InChI=1S/C30H22F5N3O6/c1-42-29(40)21(37-30(41)43-13-20-18-8-4-2-6-16(18)17-7-3-5-9-19(17)20)10-15-11-38(14-36-15)12-22(39)44-28-26(34)24(32)23(31)25(33)27(28)35/h2-9,11,14,20-21H,10,12-13H2,1H3,(H,37,41). The third kappa shape index (κ3) is 5.96. The molecule has 0 saturated heterocycles. The van der Waals surface area contributed by atoms with Crippen LogP contribution in [0.2, 0.25) is 0 Å². The van der Waals surface area contributed by atoms with E-state index in [2.05, 4.69) is 15.0 Å². The SMILES string of the molecule is COC(=O)C(Cc1cn(CC(=O)Oc2c(F)c(F)c(F)c(F)c2F)cn1)NC(=O)OCC1c2ccccc2-c2ccccc21. The Kier molecular flexibility index (Phi) is 8.60. The molecule has 4 aromatic rings. The third-order valence-electron chi connectivity index (χ3n) is 6.92. The molecule has 14 heteroatoms. The lowest BCUT2D eigenvalue weighted by Crippen LogP contribution is -2.43. The number of rotatable bonds is 9. The quantitative estimate of drug-likeness (QED) is 0.0947. The number of hydrogen-bond donors (Lipinski definition) is 1. The molecule has 5 rings (SSSR count). The van der Waals surface area contributed by atoms with Gasteiger partial charge in [0.1, 0.15) is 19.2 Å². The van der Waals surface area contributed by atoms with E-state index in [0.29, 0.717) is 0 Å². The maximum Gasteiger partial charge on any atom is 0.407 e. The zero-order chi connectivity index (χ0) is 31.5. The van der Waals surface area contributed by atoms with Crippen molar-refractivity contribution < 1.29 is 50.5 Å². The molecule has 1 unspecified atom stereocenters. The Bertz CT molecular complexity index is 1690. The highest BCUT2D eigenvalue weighted by Gasteiger charge is 2.31. The van der Waals surface area contributed by atoms with E-state index < -0.39 is 65.5 Å². The molecule has 0 fully saturated rings. The van der Waals surface area contributed by atoms with Crippen molar-refractivity contribution in [2.45, 2.75) is 24.9 Å². The third-order valence-corrected chi connectivity index (χ3v) is 6.92. The first-order valence-electron chi connectivity index (χ1n) is 13.0. The number of amides is 1. The Balaban J connectivity index is 1.20. The van der Waals surface area contributed by atoms with Gasteiger partial charge in [0.2, 0.25) is 34.8 Å². The van der Waals surface area contributed by atoms with Crippen LogP contribution in [0.5, 0.6) is 5.75 Å². The molecule has 0 radical (unpaired) electrons. The number of methoxy groups -OCH3 is 1. The molecule has 9 nitrogen and oxygen atoms in total. The van der Waals surface area contributed by atoms with Gasteiger partial charge in [-0.1, -0.05) is 48.5 Å². The number of nitrogens with zero attached hydrogens (tertiary/aromatic N) is 2. The molecule has 3 aromatic carbocycles. The maximum absolute atomic E-state index is 13.8. The van der Waals surface area contributed by atoms with E-state index in [1.807, 2.05) is 48.5 Å². The van der Waals surface area contributed by atoms with Crippen LogP contribution in [-0.2, 0) is 32.0 Å². The summed E-state index contributed by atoms with van der Waals surface area (Å²) in [5, 5.41) is 2.44. The lowest BCUT2D eigenvalue weighted by atomic mass is 9.98. The first kappa shape index (κ1) is 30.2. The fraction of sp³-hybridized carbons (Fsp3) is 0.200. The predicted octanol–water partition coefficient (Wildman–Crippen LogP) is 4.81. The number of carbonyl (C=O) groups excluding carboxylic acids is 3. The number of halogens is 5. The van der Waals surface area contributed by atoms with Crippen LogP contribution in [0, 0.1) is 29.1 Å². The van der Waals surface area contributed by atoms with Crippen LogP contribution in [0.25, 0.3) is 11.1 Å². The minimum Gasteiger partial charge on any atom is -0.467 e. The van der Waals surface area contributed by atoms with Crippen molar-refractivity contribution in [2.24, 2.45) is 0 Å². The van der Waals surface area contributed by atoms with Gasteiger partial charge in [0.25, 0.3) is 0 Å². The number of fused-ring (bicyclic) bond motifs is 3. The largest absolute Gasteiger partial charge is 0.467 e. The maximum atomic E-state index is 13.8. The first-order valence-corrected chi connectivity index (χ1v) is 13.0. The van der Waals surface area contributed by atoms with Gasteiger partial charge in [0.05, 0.1) is 19.1 Å². The molecular formula is C30H22F5N3O6. The zero-order valence-corrected chi connectivity index (χ0v) is 22.8. The van der Waals surface area contributed by atoms with E-state index in [-0.39, 0.29) is 24.6 Å². The minimum atomic E-state index is -2.40. The molecule has 0 spiro atoms. The van der Waals surface area contributed by atoms with Crippen molar-refractivity contribution >= 4 is 18.0 Å². The lowest BCUT2D eigenvalue weighted by molar-refractivity contribution is -0.143. The van der Waals surface area contributed by atoms with Gasteiger partial charge in [0.15, 0.2) is 0 Å². The molecule has 1 heterocycles. The van der Waals surface area contributed by atoms with Crippen LogP contribution in [0.1, 0.15) is 22.7 Å². The minimum absolute atomic E-state index is 0.00641. The van der Waals surface area contributed by atoms with Crippen molar-refractivity contribution in [3.8, 4) is 16.9 Å².